The fourth-order valence-electron chi connectivity index (χ4n) is 2.26. The lowest BCUT2D eigenvalue weighted by molar-refractivity contribution is 0.181. The Balaban J connectivity index is 1.97. The second-order valence-corrected chi connectivity index (χ2v) is 4.94. The summed E-state index contributed by atoms with van der Waals surface area (Å²) in [6.07, 6.45) is 4.91. The van der Waals surface area contributed by atoms with E-state index in [1.807, 2.05) is 0 Å². The molecule has 1 aliphatic carbocycles. The van der Waals surface area contributed by atoms with Crippen molar-refractivity contribution in [2.45, 2.75) is 58.0 Å². The van der Waals surface area contributed by atoms with E-state index in [9.17, 15) is 0 Å². The van der Waals surface area contributed by atoms with Crippen molar-refractivity contribution in [1.29, 1.82) is 0 Å². The zero-order valence-corrected chi connectivity index (χ0v) is 9.97. The molecule has 0 bridgehead atoms. The molecule has 1 fully saturated rings. The van der Waals surface area contributed by atoms with Crippen LogP contribution >= 0.6 is 0 Å². The molecule has 1 unspecified atom stereocenters. The molecule has 0 aromatic carbocycles. The van der Waals surface area contributed by atoms with Crippen LogP contribution in [0.2, 0.25) is 0 Å². The van der Waals surface area contributed by atoms with E-state index in [0.29, 0.717) is 11.6 Å². The molecule has 1 saturated carbocycles. The molecule has 0 spiro atoms. The van der Waals surface area contributed by atoms with E-state index in [1.165, 1.54) is 19.3 Å². The minimum Gasteiger partial charge on any atom is -0.464 e. The maximum absolute atomic E-state index is 5.75. The van der Waals surface area contributed by atoms with Crippen LogP contribution in [0.25, 0.3) is 0 Å². The fraction of sp³-hybridized carbons (Fsp3) is 0.692. The first-order valence-corrected chi connectivity index (χ1v) is 5.99. The van der Waals surface area contributed by atoms with Crippen molar-refractivity contribution in [3.8, 4) is 0 Å². The number of aryl methyl sites for hydroxylation is 1. The van der Waals surface area contributed by atoms with E-state index in [2.05, 4.69) is 38.2 Å². The highest BCUT2D eigenvalue weighted by molar-refractivity contribution is 5.11. The third kappa shape index (κ3) is 2.25. The van der Waals surface area contributed by atoms with Gasteiger partial charge in [-0.25, -0.2) is 0 Å². The lowest BCUT2D eigenvalue weighted by Crippen LogP contribution is -2.48. The molecule has 1 N–H and O–H groups in total. The van der Waals surface area contributed by atoms with Gasteiger partial charge in [0.15, 0.2) is 0 Å². The molecule has 84 valence electrons. The van der Waals surface area contributed by atoms with Gasteiger partial charge in [-0.1, -0.05) is 6.92 Å². The van der Waals surface area contributed by atoms with E-state index in [4.69, 9.17) is 4.42 Å². The minimum atomic E-state index is 0.329. The Kier molecular flexibility index (Phi) is 2.87. The van der Waals surface area contributed by atoms with Crippen LogP contribution in [-0.2, 0) is 6.42 Å². The summed E-state index contributed by atoms with van der Waals surface area (Å²) in [5.41, 5.74) is 0.346. The molecule has 0 radical (unpaired) electrons. The standard InChI is InChI=1S/C13H21NO/c1-4-11-6-7-12(15-11)10(2)14-13(3)8-5-9-13/h6-7,10,14H,4-5,8-9H2,1-3H3. The summed E-state index contributed by atoms with van der Waals surface area (Å²) in [6, 6.07) is 4.50. The van der Waals surface area contributed by atoms with Crippen molar-refractivity contribution >= 4 is 0 Å². The number of rotatable bonds is 4. The first-order chi connectivity index (χ1) is 7.13. The largest absolute Gasteiger partial charge is 0.464 e. The number of hydrogen-bond acceptors (Lipinski definition) is 2. The summed E-state index contributed by atoms with van der Waals surface area (Å²) in [6.45, 7) is 6.60. The van der Waals surface area contributed by atoms with E-state index < -0.39 is 0 Å². The van der Waals surface area contributed by atoms with Gasteiger partial charge in [-0.15, -0.1) is 0 Å². The monoisotopic (exact) mass is 207 g/mol. The van der Waals surface area contributed by atoms with E-state index in [0.717, 1.165) is 17.9 Å². The predicted octanol–water partition coefficient (Wildman–Crippen LogP) is 3.44. The van der Waals surface area contributed by atoms with Gasteiger partial charge in [0.05, 0.1) is 6.04 Å². The zero-order chi connectivity index (χ0) is 10.9. The molecule has 1 aromatic heterocycles. The summed E-state index contributed by atoms with van der Waals surface area (Å²) < 4.78 is 5.75. The summed E-state index contributed by atoms with van der Waals surface area (Å²) in [4.78, 5) is 0. The second-order valence-electron chi connectivity index (χ2n) is 4.94. The molecule has 1 aromatic rings. The van der Waals surface area contributed by atoms with Gasteiger partial charge in [-0.05, 0) is 45.2 Å². The van der Waals surface area contributed by atoms with Gasteiger partial charge >= 0.3 is 0 Å². The number of furan rings is 1. The van der Waals surface area contributed by atoms with Crippen LogP contribution in [0.15, 0.2) is 16.5 Å². The predicted molar refractivity (Wildman–Crippen MR) is 61.9 cm³/mol. The molecule has 0 aliphatic heterocycles. The SMILES string of the molecule is CCc1ccc(C(C)NC2(C)CCC2)o1. The number of nitrogens with one attached hydrogen (secondary N) is 1. The van der Waals surface area contributed by atoms with Crippen LogP contribution in [0.3, 0.4) is 0 Å². The van der Waals surface area contributed by atoms with Crippen LogP contribution in [0.1, 0.15) is 57.6 Å². The number of hydrogen-bond donors (Lipinski definition) is 1. The molecule has 2 heteroatoms. The first kappa shape index (κ1) is 10.7. The summed E-state index contributed by atoms with van der Waals surface area (Å²) >= 11 is 0. The van der Waals surface area contributed by atoms with Gasteiger partial charge in [0, 0.05) is 12.0 Å². The Morgan fingerprint density at radius 3 is 2.67 bits per heavy atom. The van der Waals surface area contributed by atoms with Crippen LogP contribution in [0.5, 0.6) is 0 Å². The maximum Gasteiger partial charge on any atom is 0.120 e. The third-order valence-corrected chi connectivity index (χ3v) is 3.48. The van der Waals surface area contributed by atoms with Crippen molar-refractivity contribution in [2.75, 3.05) is 0 Å². The smallest absolute Gasteiger partial charge is 0.120 e. The quantitative estimate of drug-likeness (QED) is 0.818. The van der Waals surface area contributed by atoms with Gasteiger partial charge in [-0.2, -0.15) is 0 Å². The van der Waals surface area contributed by atoms with Gasteiger partial charge in [-0.3, -0.25) is 0 Å². The molecule has 0 saturated heterocycles. The van der Waals surface area contributed by atoms with Crippen LogP contribution in [0, 0.1) is 0 Å². The summed E-state index contributed by atoms with van der Waals surface area (Å²) in [5, 5.41) is 3.65. The van der Waals surface area contributed by atoms with Gasteiger partial charge in [0.25, 0.3) is 0 Å². The van der Waals surface area contributed by atoms with Crippen LogP contribution in [-0.4, -0.2) is 5.54 Å². The minimum absolute atomic E-state index is 0.329. The normalized spacial score (nSPS) is 21.0. The van der Waals surface area contributed by atoms with Crippen molar-refractivity contribution < 1.29 is 4.42 Å². The third-order valence-electron chi connectivity index (χ3n) is 3.48. The highest BCUT2D eigenvalue weighted by Crippen LogP contribution is 2.33. The van der Waals surface area contributed by atoms with Crippen molar-refractivity contribution in [1.82, 2.24) is 5.32 Å². The maximum atomic E-state index is 5.75. The van der Waals surface area contributed by atoms with Crippen molar-refractivity contribution in [3.05, 3.63) is 23.7 Å². The molecule has 2 nitrogen and oxygen atoms in total. The van der Waals surface area contributed by atoms with E-state index >= 15 is 0 Å². The van der Waals surface area contributed by atoms with Crippen LogP contribution in [0.4, 0.5) is 0 Å². The van der Waals surface area contributed by atoms with Crippen molar-refractivity contribution in [3.63, 3.8) is 0 Å². The first-order valence-electron chi connectivity index (χ1n) is 5.99. The fourth-order valence-corrected chi connectivity index (χ4v) is 2.26. The molecule has 0 amide bonds. The molecule has 15 heavy (non-hydrogen) atoms. The highest BCUT2D eigenvalue weighted by atomic mass is 16.3. The topological polar surface area (TPSA) is 25.2 Å². The summed E-state index contributed by atoms with van der Waals surface area (Å²) in [5.74, 6) is 2.15. The van der Waals surface area contributed by atoms with Gasteiger partial charge in [0.1, 0.15) is 11.5 Å². The molecular weight excluding hydrogens is 186 g/mol. The molecular formula is C13H21NO. The zero-order valence-electron chi connectivity index (χ0n) is 9.97. The Morgan fingerprint density at radius 2 is 2.20 bits per heavy atom. The molecule has 1 aliphatic rings. The Bertz CT molecular complexity index is 325. The Labute approximate surface area is 92.1 Å². The molecule has 1 heterocycles. The second kappa shape index (κ2) is 4.01. The highest BCUT2D eigenvalue weighted by Gasteiger charge is 2.33. The van der Waals surface area contributed by atoms with Crippen molar-refractivity contribution in [2.24, 2.45) is 0 Å². The summed E-state index contributed by atoms with van der Waals surface area (Å²) in [7, 11) is 0. The lowest BCUT2D eigenvalue weighted by Gasteiger charge is -2.41. The van der Waals surface area contributed by atoms with Gasteiger partial charge in [0.2, 0.25) is 0 Å². The Morgan fingerprint density at radius 1 is 1.47 bits per heavy atom. The Hall–Kier alpha value is -0.760. The van der Waals surface area contributed by atoms with E-state index in [-0.39, 0.29) is 0 Å². The average molecular weight is 207 g/mol. The van der Waals surface area contributed by atoms with Gasteiger partial charge < -0.3 is 9.73 Å². The van der Waals surface area contributed by atoms with E-state index in [1.54, 1.807) is 0 Å². The average Bonchev–Trinajstić information content (AvgIpc) is 2.63. The van der Waals surface area contributed by atoms with Crippen LogP contribution < -0.4 is 5.32 Å². The lowest BCUT2D eigenvalue weighted by atomic mass is 9.78. The molecule has 2 rings (SSSR count). The molecule has 1 atom stereocenters.